The minimum Gasteiger partial charge on any atom is -0.252 e. The zero-order valence-corrected chi connectivity index (χ0v) is 9.81. The molecule has 1 aliphatic heterocycles. The van der Waals surface area contributed by atoms with Gasteiger partial charge in [-0.05, 0) is 35.4 Å². The van der Waals surface area contributed by atoms with Crippen molar-refractivity contribution < 1.29 is 4.39 Å². The Balaban J connectivity index is 1.89. The van der Waals surface area contributed by atoms with Crippen LogP contribution in [-0.4, -0.2) is 5.71 Å². The van der Waals surface area contributed by atoms with Crippen LogP contribution in [0.2, 0.25) is 0 Å². The molecule has 0 radical (unpaired) electrons. The quantitative estimate of drug-likeness (QED) is 0.747. The molecule has 88 valence electrons. The van der Waals surface area contributed by atoms with Gasteiger partial charge in [0.1, 0.15) is 5.82 Å². The predicted molar refractivity (Wildman–Crippen MR) is 72.0 cm³/mol. The Bertz CT molecular complexity index is 609. The van der Waals surface area contributed by atoms with Gasteiger partial charge in [-0.25, -0.2) is 4.39 Å². The molecule has 0 aromatic heterocycles. The van der Waals surface area contributed by atoms with E-state index in [2.05, 4.69) is 23.2 Å². The van der Waals surface area contributed by atoms with Gasteiger partial charge in [0.2, 0.25) is 0 Å². The average Bonchev–Trinajstić information content (AvgIpc) is 2.90. The van der Waals surface area contributed by atoms with Crippen molar-refractivity contribution in [2.75, 3.05) is 0 Å². The van der Waals surface area contributed by atoms with Gasteiger partial charge in [0.05, 0.1) is 11.4 Å². The maximum absolute atomic E-state index is 12.9. The summed E-state index contributed by atoms with van der Waals surface area (Å²) in [5.74, 6) is -0.218. The molecule has 2 aromatic rings. The molecule has 1 nitrogen and oxygen atoms in total. The number of aliphatic imine (C=N–C) groups is 1. The van der Waals surface area contributed by atoms with Crippen molar-refractivity contribution in [1.82, 2.24) is 0 Å². The zero-order valence-electron chi connectivity index (χ0n) is 9.81. The summed E-state index contributed by atoms with van der Waals surface area (Å²) in [6.07, 6.45) is 2.91. The molecular formula is C16H12FN. The van der Waals surface area contributed by atoms with Crippen molar-refractivity contribution in [3.05, 3.63) is 77.6 Å². The number of allylic oxidation sites excluding steroid dienone is 1. The summed E-state index contributed by atoms with van der Waals surface area (Å²) < 4.78 is 12.9. The van der Waals surface area contributed by atoms with E-state index in [0.29, 0.717) is 0 Å². The first-order chi connectivity index (χ1) is 8.83. The number of hydrogen-bond acceptors (Lipinski definition) is 1. The number of halogens is 1. The van der Waals surface area contributed by atoms with Crippen molar-refractivity contribution in [3.8, 4) is 0 Å². The Hall–Kier alpha value is -2.22. The van der Waals surface area contributed by atoms with Gasteiger partial charge in [-0.15, -0.1) is 0 Å². The molecule has 0 saturated heterocycles. The number of nitrogens with zero attached hydrogens (tertiary/aromatic N) is 1. The fourth-order valence-electron chi connectivity index (χ4n) is 2.05. The van der Waals surface area contributed by atoms with Crippen LogP contribution in [0.4, 0.5) is 4.39 Å². The molecule has 0 atom stereocenters. The van der Waals surface area contributed by atoms with Crippen molar-refractivity contribution in [3.63, 3.8) is 0 Å². The van der Waals surface area contributed by atoms with Crippen LogP contribution in [0.25, 0.3) is 5.70 Å². The van der Waals surface area contributed by atoms with Crippen molar-refractivity contribution in [2.45, 2.75) is 6.42 Å². The van der Waals surface area contributed by atoms with Crippen LogP contribution in [-0.2, 0) is 0 Å². The van der Waals surface area contributed by atoms with Crippen molar-refractivity contribution in [2.24, 2.45) is 4.99 Å². The highest BCUT2D eigenvalue weighted by molar-refractivity contribution is 6.07. The zero-order chi connectivity index (χ0) is 12.4. The second-order valence-corrected chi connectivity index (χ2v) is 4.22. The van der Waals surface area contributed by atoms with Crippen LogP contribution in [0.5, 0.6) is 0 Å². The second kappa shape index (κ2) is 4.57. The lowest BCUT2D eigenvalue weighted by atomic mass is 10.1. The van der Waals surface area contributed by atoms with Crippen LogP contribution >= 0.6 is 0 Å². The number of rotatable bonds is 2. The molecule has 0 N–H and O–H groups in total. The van der Waals surface area contributed by atoms with Crippen molar-refractivity contribution >= 4 is 11.4 Å². The van der Waals surface area contributed by atoms with Gasteiger partial charge in [0.15, 0.2) is 0 Å². The molecule has 2 aromatic carbocycles. The maximum Gasteiger partial charge on any atom is 0.123 e. The maximum atomic E-state index is 12.9. The van der Waals surface area contributed by atoms with Gasteiger partial charge in [0.25, 0.3) is 0 Å². The Labute approximate surface area is 105 Å². The van der Waals surface area contributed by atoms with E-state index in [4.69, 9.17) is 0 Å². The number of benzene rings is 2. The fourth-order valence-corrected chi connectivity index (χ4v) is 2.05. The number of hydrogen-bond donors (Lipinski definition) is 0. The Kier molecular flexibility index (Phi) is 2.77. The van der Waals surface area contributed by atoms with E-state index in [0.717, 1.165) is 29.0 Å². The van der Waals surface area contributed by atoms with E-state index < -0.39 is 0 Å². The molecule has 0 spiro atoms. The van der Waals surface area contributed by atoms with Crippen LogP contribution in [0.15, 0.2) is 65.7 Å². The van der Waals surface area contributed by atoms with Gasteiger partial charge in [0, 0.05) is 6.42 Å². The largest absolute Gasteiger partial charge is 0.252 e. The lowest BCUT2D eigenvalue weighted by Gasteiger charge is -2.00. The van der Waals surface area contributed by atoms with Crippen molar-refractivity contribution in [1.29, 1.82) is 0 Å². The smallest absolute Gasteiger partial charge is 0.123 e. The molecule has 0 bridgehead atoms. The van der Waals surface area contributed by atoms with Crippen LogP contribution in [0.1, 0.15) is 17.5 Å². The lowest BCUT2D eigenvalue weighted by molar-refractivity contribution is 0.627. The molecule has 0 amide bonds. The van der Waals surface area contributed by atoms with Gasteiger partial charge in [-0.2, -0.15) is 0 Å². The SMILES string of the molecule is Fc1ccc(C2=CCC(c3ccccc3)=N2)cc1. The van der Waals surface area contributed by atoms with Gasteiger partial charge in [-0.1, -0.05) is 36.4 Å². The summed E-state index contributed by atoms with van der Waals surface area (Å²) in [5, 5.41) is 0. The summed E-state index contributed by atoms with van der Waals surface area (Å²) in [6, 6.07) is 16.6. The minimum atomic E-state index is -0.218. The molecule has 0 saturated carbocycles. The summed E-state index contributed by atoms with van der Waals surface area (Å²) in [7, 11) is 0. The van der Waals surface area contributed by atoms with Crippen LogP contribution in [0, 0.1) is 5.82 Å². The first-order valence-electron chi connectivity index (χ1n) is 5.92. The second-order valence-electron chi connectivity index (χ2n) is 4.22. The highest BCUT2D eigenvalue weighted by atomic mass is 19.1. The van der Waals surface area contributed by atoms with E-state index in [1.807, 2.05) is 18.2 Å². The molecule has 1 heterocycles. The van der Waals surface area contributed by atoms with Crippen LogP contribution in [0.3, 0.4) is 0 Å². The third-order valence-corrected chi connectivity index (χ3v) is 2.99. The molecule has 18 heavy (non-hydrogen) atoms. The molecular weight excluding hydrogens is 225 g/mol. The summed E-state index contributed by atoms with van der Waals surface area (Å²) in [4.78, 5) is 4.61. The minimum absolute atomic E-state index is 0.218. The summed E-state index contributed by atoms with van der Waals surface area (Å²) in [5.41, 5.74) is 4.09. The monoisotopic (exact) mass is 237 g/mol. The lowest BCUT2D eigenvalue weighted by Crippen LogP contribution is -1.94. The Morgan fingerprint density at radius 3 is 2.28 bits per heavy atom. The highest BCUT2D eigenvalue weighted by Crippen LogP contribution is 2.24. The molecule has 0 fully saturated rings. The van der Waals surface area contributed by atoms with E-state index in [-0.39, 0.29) is 5.82 Å². The normalized spacial score (nSPS) is 14.3. The highest BCUT2D eigenvalue weighted by Gasteiger charge is 2.11. The first kappa shape index (κ1) is 10.9. The van der Waals surface area contributed by atoms with Crippen LogP contribution < -0.4 is 0 Å². The third-order valence-electron chi connectivity index (χ3n) is 2.99. The molecule has 3 rings (SSSR count). The fraction of sp³-hybridized carbons (Fsp3) is 0.0625. The summed E-state index contributed by atoms with van der Waals surface area (Å²) in [6.45, 7) is 0. The topological polar surface area (TPSA) is 12.4 Å². The first-order valence-corrected chi connectivity index (χ1v) is 5.92. The molecule has 0 unspecified atom stereocenters. The predicted octanol–water partition coefficient (Wildman–Crippen LogP) is 4.06. The Morgan fingerprint density at radius 1 is 0.833 bits per heavy atom. The van der Waals surface area contributed by atoms with E-state index in [1.54, 1.807) is 12.1 Å². The molecule has 2 heteroatoms. The van der Waals surface area contributed by atoms with E-state index >= 15 is 0 Å². The molecule has 1 aliphatic rings. The molecule has 0 aliphatic carbocycles. The summed E-state index contributed by atoms with van der Waals surface area (Å²) >= 11 is 0. The average molecular weight is 237 g/mol. The van der Waals surface area contributed by atoms with Gasteiger partial charge < -0.3 is 0 Å². The van der Waals surface area contributed by atoms with Gasteiger partial charge in [-0.3, -0.25) is 4.99 Å². The van der Waals surface area contributed by atoms with Gasteiger partial charge >= 0.3 is 0 Å². The standard InChI is InChI=1S/C16H12FN/c17-14-8-6-13(7-9-14)16-11-10-15(18-16)12-4-2-1-3-5-12/h1-9,11H,10H2. The van der Waals surface area contributed by atoms with E-state index in [9.17, 15) is 4.39 Å². The van der Waals surface area contributed by atoms with E-state index in [1.165, 1.54) is 12.1 Å². The third kappa shape index (κ3) is 2.09. The Morgan fingerprint density at radius 2 is 1.56 bits per heavy atom.